The maximum Gasteiger partial charge on any atom is 0.226 e. The predicted octanol–water partition coefficient (Wildman–Crippen LogP) is 2.81. The molecule has 1 amide bonds. The van der Waals surface area contributed by atoms with E-state index in [4.69, 9.17) is 9.47 Å². The van der Waals surface area contributed by atoms with Crippen molar-refractivity contribution in [3.63, 3.8) is 0 Å². The van der Waals surface area contributed by atoms with E-state index in [0.717, 1.165) is 42.9 Å². The van der Waals surface area contributed by atoms with Crippen molar-refractivity contribution in [2.75, 3.05) is 52.4 Å². The summed E-state index contributed by atoms with van der Waals surface area (Å²) >= 11 is 1.58. The maximum atomic E-state index is 12.4. The summed E-state index contributed by atoms with van der Waals surface area (Å²) in [5.74, 6) is -0.0438. The lowest BCUT2D eigenvalue weighted by Gasteiger charge is -2.21. The molecule has 1 heterocycles. The molecule has 7 heteroatoms. The number of anilines is 1. The third-order valence-corrected chi connectivity index (χ3v) is 5.87. The monoisotopic (exact) mass is 379 g/mol. The van der Waals surface area contributed by atoms with E-state index in [1.54, 1.807) is 25.6 Å². The van der Waals surface area contributed by atoms with Crippen LogP contribution in [0.1, 0.15) is 41.7 Å². The molecule has 1 N–H and O–H groups in total. The summed E-state index contributed by atoms with van der Waals surface area (Å²) in [6.07, 6.45) is 5.87. The van der Waals surface area contributed by atoms with Crippen molar-refractivity contribution < 1.29 is 14.3 Å². The number of methoxy groups -OCH3 is 2. The second-order valence-corrected chi connectivity index (χ2v) is 7.61. The lowest BCUT2D eigenvalue weighted by atomic mass is 10.1. The Kier molecular flexibility index (Phi) is 9.06. The minimum atomic E-state index is -0.0438. The first-order valence-corrected chi connectivity index (χ1v) is 10.1. The Morgan fingerprint density at radius 2 is 1.85 bits per heavy atom. The van der Waals surface area contributed by atoms with E-state index in [0.29, 0.717) is 31.7 Å². The zero-order chi connectivity index (χ0) is 18.8. The van der Waals surface area contributed by atoms with Crippen molar-refractivity contribution >= 4 is 22.2 Å². The van der Waals surface area contributed by atoms with Crippen LogP contribution >= 0.6 is 11.3 Å². The molecule has 0 aliphatic heterocycles. The second kappa shape index (κ2) is 11.3. The second-order valence-electron chi connectivity index (χ2n) is 6.51. The number of fused-ring (bicyclic) bond motifs is 1. The molecule has 26 heavy (non-hydrogen) atoms. The lowest BCUT2D eigenvalue weighted by Crippen LogP contribution is -2.33. The molecular weight excluding hydrogens is 350 g/mol. The number of hydrogen-bond acceptors (Lipinski definition) is 6. The van der Waals surface area contributed by atoms with Crippen molar-refractivity contribution in [2.24, 2.45) is 0 Å². The van der Waals surface area contributed by atoms with Crippen molar-refractivity contribution in [1.82, 2.24) is 4.90 Å². The van der Waals surface area contributed by atoms with Crippen LogP contribution in [0.5, 0.6) is 0 Å². The normalized spacial score (nSPS) is 13.9. The molecule has 0 atom stereocenters. The highest BCUT2D eigenvalue weighted by Crippen LogP contribution is 2.36. The molecule has 2 rings (SSSR count). The fraction of sp³-hybridized carbons (Fsp3) is 0.684. The highest BCUT2D eigenvalue weighted by atomic mass is 32.1. The fourth-order valence-corrected chi connectivity index (χ4v) is 4.43. The Balaban J connectivity index is 1.93. The van der Waals surface area contributed by atoms with Crippen LogP contribution < -0.4 is 5.32 Å². The SMILES string of the molecule is COCCN(CCOC)CCC(=O)Nc1sc2c(c1C#N)CCCCC2. The van der Waals surface area contributed by atoms with Gasteiger partial charge in [0.05, 0.1) is 18.8 Å². The Bertz CT molecular complexity index is 616. The van der Waals surface area contributed by atoms with Crippen molar-refractivity contribution in [3.05, 3.63) is 16.0 Å². The van der Waals surface area contributed by atoms with Crippen LogP contribution in [0, 0.1) is 11.3 Å². The number of nitriles is 1. The zero-order valence-corrected chi connectivity index (χ0v) is 16.6. The molecule has 1 aromatic rings. The van der Waals surface area contributed by atoms with E-state index in [1.807, 2.05) is 0 Å². The van der Waals surface area contributed by atoms with E-state index in [-0.39, 0.29) is 5.91 Å². The number of aryl methyl sites for hydroxylation is 1. The maximum absolute atomic E-state index is 12.4. The van der Waals surface area contributed by atoms with Crippen LogP contribution in [-0.4, -0.2) is 57.9 Å². The number of carbonyl (C=O) groups is 1. The topological polar surface area (TPSA) is 74.6 Å². The predicted molar refractivity (Wildman–Crippen MR) is 104 cm³/mol. The Morgan fingerprint density at radius 3 is 2.50 bits per heavy atom. The van der Waals surface area contributed by atoms with E-state index in [9.17, 15) is 10.1 Å². The van der Waals surface area contributed by atoms with E-state index >= 15 is 0 Å². The highest BCUT2D eigenvalue weighted by Gasteiger charge is 2.21. The van der Waals surface area contributed by atoms with Gasteiger partial charge in [-0.2, -0.15) is 5.26 Å². The summed E-state index contributed by atoms with van der Waals surface area (Å²) in [5.41, 5.74) is 1.84. The Morgan fingerprint density at radius 1 is 1.15 bits per heavy atom. The van der Waals surface area contributed by atoms with Gasteiger partial charge in [-0.15, -0.1) is 11.3 Å². The molecule has 0 spiro atoms. The van der Waals surface area contributed by atoms with Gasteiger partial charge in [0.2, 0.25) is 5.91 Å². The molecule has 0 saturated carbocycles. The molecule has 1 aliphatic rings. The van der Waals surface area contributed by atoms with Crippen LogP contribution in [0.4, 0.5) is 5.00 Å². The Hall–Kier alpha value is -1.46. The molecule has 0 unspecified atom stereocenters. The molecule has 1 aliphatic carbocycles. The molecule has 6 nitrogen and oxygen atoms in total. The molecule has 0 radical (unpaired) electrons. The van der Waals surface area contributed by atoms with Gasteiger partial charge in [-0.1, -0.05) is 6.42 Å². The third kappa shape index (κ3) is 6.06. The first-order chi connectivity index (χ1) is 12.7. The summed E-state index contributed by atoms with van der Waals surface area (Å²) in [7, 11) is 3.34. The lowest BCUT2D eigenvalue weighted by molar-refractivity contribution is -0.116. The summed E-state index contributed by atoms with van der Waals surface area (Å²) in [6, 6.07) is 2.31. The number of thiophene rings is 1. The van der Waals surface area contributed by atoms with Crippen molar-refractivity contribution in [2.45, 2.75) is 38.5 Å². The van der Waals surface area contributed by atoms with E-state index in [1.165, 1.54) is 17.7 Å². The summed E-state index contributed by atoms with van der Waals surface area (Å²) in [6.45, 7) is 3.43. The van der Waals surface area contributed by atoms with Gasteiger partial charge < -0.3 is 14.8 Å². The summed E-state index contributed by atoms with van der Waals surface area (Å²) in [5, 5.41) is 13.3. The van der Waals surface area contributed by atoms with E-state index < -0.39 is 0 Å². The van der Waals surface area contributed by atoms with Crippen LogP contribution in [0.15, 0.2) is 0 Å². The first-order valence-electron chi connectivity index (χ1n) is 9.24. The van der Waals surface area contributed by atoms with Crippen molar-refractivity contribution in [3.8, 4) is 6.07 Å². The first kappa shape index (κ1) is 20.8. The van der Waals surface area contributed by atoms with Gasteiger partial charge in [-0.3, -0.25) is 9.69 Å². The third-order valence-electron chi connectivity index (χ3n) is 4.66. The average Bonchev–Trinajstić information content (AvgIpc) is 2.80. The molecule has 144 valence electrons. The van der Waals surface area contributed by atoms with Gasteiger partial charge in [0.1, 0.15) is 11.1 Å². The molecular formula is C19H29N3O3S. The fourth-order valence-electron chi connectivity index (χ4n) is 3.17. The zero-order valence-electron chi connectivity index (χ0n) is 15.8. The number of amides is 1. The average molecular weight is 380 g/mol. The molecule has 0 aromatic carbocycles. The number of carbonyl (C=O) groups excluding carboxylic acids is 1. The molecule has 0 saturated heterocycles. The van der Waals surface area contributed by atoms with Gasteiger partial charge in [0.15, 0.2) is 0 Å². The van der Waals surface area contributed by atoms with Gasteiger partial charge in [0.25, 0.3) is 0 Å². The minimum absolute atomic E-state index is 0.0438. The smallest absolute Gasteiger partial charge is 0.226 e. The Labute approximate surface area is 160 Å². The van der Waals surface area contributed by atoms with Crippen LogP contribution in [0.25, 0.3) is 0 Å². The standard InChI is InChI=1S/C19H29N3O3S/c1-24-12-10-22(11-13-25-2)9-8-18(23)21-19-16(14-20)15-6-4-3-5-7-17(15)26-19/h3-13H2,1-2H3,(H,21,23). The van der Waals surface area contributed by atoms with Crippen LogP contribution in [0.3, 0.4) is 0 Å². The number of nitrogens with one attached hydrogen (secondary N) is 1. The van der Waals surface area contributed by atoms with Gasteiger partial charge in [-0.05, 0) is 31.2 Å². The van der Waals surface area contributed by atoms with Crippen LogP contribution in [0.2, 0.25) is 0 Å². The highest BCUT2D eigenvalue weighted by molar-refractivity contribution is 7.16. The van der Waals surface area contributed by atoms with Gasteiger partial charge >= 0.3 is 0 Å². The molecule has 0 fully saturated rings. The van der Waals surface area contributed by atoms with Crippen LogP contribution in [-0.2, 0) is 27.1 Å². The van der Waals surface area contributed by atoms with Gasteiger partial charge in [0, 0.05) is 45.2 Å². The largest absolute Gasteiger partial charge is 0.383 e. The quantitative estimate of drug-likeness (QED) is 0.633. The summed E-state index contributed by atoms with van der Waals surface area (Å²) in [4.78, 5) is 15.8. The molecule has 0 bridgehead atoms. The van der Waals surface area contributed by atoms with Gasteiger partial charge in [-0.25, -0.2) is 0 Å². The summed E-state index contributed by atoms with van der Waals surface area (Å²) < 4.78 is 10.2. The number of hydrogen-bond donors (Lipinski definition) is 1. The minimum Gasteiger partial charge on any atom is -0.383 e. The molecule has 1 aromatic heterocycles. The van der Waals surface area contributed by atoms with E-state index in [2.05, 4.69) is 16.3 Å². The van der Waals surface area contributed by atoms with Crippen molar-refractivity contribution in [1.29, 1.82) is 5.26 Å². The number of nitrogens with zero attached hydrogens (tertiary/aromatic N) is 2. The number of rotatable bonds is 10. The number of ether oxygens (including phenoxy) is 2.